The van der Waals surface area contributed by atoms with Gasteiger partial charge in [0.2, 0.25) is 0 Å². The fraction of sp³-hybridized carbons (Fsp3) is 0.154. The SMILES string of the molecule is Cc1cc(Oc2ccc3ccc(Oc4cc(C)c(N)c(C)c4)cc3c2)cc(C)c1N. The molecule has 0 aromatic heterocycles. The second-order valence-electron chi connectivity index (χ2n) is 7.82. The number of ether oxygens (including phenoxy) is 2. The summed E-state index contributed by atoms with van der Waals surface area (Å²) in [6, 6.07) is 19.9. The van der Waals surface area contributed by atoms with Gasteiger partial charge in [-0.1, -0.05) is 12.1 Å². The van der Waals surface area contributed by atoms with Crippen LogP contribution < -0.4 is 20.9 Å². The third-order valence-corrected chi connectivity index (χ3v) is 5.39. The lowest BCUT2D eigenvalue weighted by molar-refractivity contribution is 0.481. The van der Waals surface area contributed by atoms with Gasteiger partial charge in [-0.05, 0) is 109 Å². The molecule has 4 heteroatoms. The number of hydrogen-bond acceptors (Lipinski definition) is 4. The Labute approximate surface area is 177 Å². The molecular weight excluding hydrogens is 372 g/mol. The van der Waals surface area contributed by atoms with Gasteiger partial charge in [-0.25, -0.2) is 0 Å². The predicted molar refractivity (Wildman–Crippen MR) is 125 cm³/mol. The van der Waals surface area contributed by atoms with Crippen molar-refractivity contribution < 1.29 is 9.47 Å². The standard InChI is InChI=1S/C26H26N2O2/c1-15-9-23(10-16(2)25(15)27)29-21-7-5-19-6-8-22(14-20(19)13-21)30-24-11-17(3)26(28)18(4)12-24/h5-14H,27-28H2,1-4H3. The van der Waals surface area contributed by atoms with Crippen molar-refractivity contribution in [2.75, 3.05) is 11.5 Å². The van der Waals surface area contributed by atoms with Gasteiger partial charge in [0, 0.05) is 11.4 Å². The Morgan fingerprint density at radius 1 is 0.467 bits per heavy atom. The highest BCUT2D eigenvalue weighted by Gasteiger charge is 2.07. The quantitative estimate of drug-likeness (QED) is 0.370. The van der Waals surface area contributed by atoms with E-state index in [4.69, 9.17) is 20.9 Å². The molecular formula is C26H26N2O2. The Balaban J connectivity index is 1.63. The molecule has 0 aliphatic carbocycles. The molecule has 152 valence electrons. The number of aryl methyl sites for hydroxylation is 4. The molecule has 0 saturated carbocycles. The largest absolute Gasteiger partial charge is 0.457 e. The van der Waals surface area contributed by atoms with Crippen LogP contribution >= 0.6 is 0 Å². The molecule has 0 fully saturated rings. The van der Waals surface area contributed by atoms with Crippen molar-refractivity contribution in [2.24, 2.45) is 0 Å². The predicted octanol–water partition coefficient (Wildman–Crippen LogP) is 6.82. The summed E-state index contributed by atoms with van der Waals surface area (Å²) in [7, 11) is 0. The first-order valence-corrected chi connectivity index (χ1v) is 9.93. The molecule has 0 atom stereocenters. The van der Waals surface area contributed by atoms with E-state index in [1.165, 1.54) is 0 Å². The summed E-state index contributed by atoms with van der Waals surface area (Å²) in [5.74, 6) is 3.09. The zero-order chi connectivity index (χ0) is 21.4. The van der Waals surface area contributed by atoms with Gasteiger partial charge in [0.1, 0.15) is 23.0 Å². The number of hydrogen-bond donors (Lipinski definition) is 2. The molecule has 0 bridgehead atoms. The highest BCUT2D eigenvalue weighted by atomic mass is 16.5. The topological polar surface area (TPSA) is 70.5 Å². The highest BCUT2D eigenvalue weighted by molar-refractivity contribution is 5.85. The van der Waals surface area contributed by atoms with Gasteiger partial charge >= 0.3 is 0 Å². The van der Waals surface area contributed by atoms with Crippen LogP contribution in [0.4, 0.5) is 11.4 Å². The van der Waals surface area contributed by atoms with Crippen LogP contribution in [0, 0.1) is 27.7 Å². The van der Waals surface area contributed by atoms with Crippen molar-refractivity contribution in [3.05, 3.63) is 82.9 Å². The summed E-state index contributed by atoms with van der Waals surface area (Å²) in [5, 5.41) is 2.15. The van der Waals surface area contributed by atoms with E-state index < -0.39 is 0 Å². The van der Waals surface area contributed by atoms with Crippen LogP contribution in [0.5, 0.6) is 23.0 Å². The van der Waals surface area contributed by atoms with Gasteiger partial charge in [0.05, 0.1) is 0 Å². The van der Waals surface area contributed by atoms with Crippen LogP contribution in [0.1, 0.15) is 22.3 Å². The summed E-state index contributed by atoms with van der Waals surface area (Å²) < 4.78 is 12.2. The van der Waals surface area contributed by atoms with Crippen molar-refractivity contribution in [2.45, 2.75) is 27.7 Å². The lowest BCUT2D eigenvalue weighted by atomic mass is 10.1. The number of nitrogens with two attached hydrogens (primary N) is 2. The molecule has 0 radical (unpaired) electrons. The summed E-state index contributed by atoms with van der Waals surface area (Å²) in [6.45, 7) is 7.94. The molecule has 4 nitrogen and oxygen atoms in total. The zero-order valence-electron chi connectivity index (χ0n) is 17.7. The molecule has 0 heterocycles. The van der Waals surface area contributed by atoms with Gasteiger partial charge in [-0.3, -0.25) is 0 Å². The molecule has 0 spiro atoms. The number of benzene rings is 4. The van der Waals surface area contributed by atoms with Crippen LogP contribution in [-0.4, -0.2) is 0 Å². The fourth-order valence-corrected chi connectivity index (χ4v) is 3.59. The Morgan fingerprint density at radius 3 is 1.20 bits per heavy atom. The van der Waals surface area contributed by atoms with Crippen LogP contribution in [0.3, 0.4) is 0 Å². The lowest BCUT2D eigenvalue weighted by Crippen LogP contribution is -1.95. The number of anilines is 2. The number of fused-ring (bicyclic) bond motifs is 1. The summed E-state index contributed by atoms with van der Waals surface area (Å²) in [4.78, 5) is 0. The van der Waals surface area contributed by atoms with Crippen molar-refractivity contribution in [3.63, 3.8) is 0 Å². The first-order chi connectivity index (χ1) is 14.3. The Morgan fingerprint density at radius 2 is 0.833 bits per heavy atom. The summed E-state index contributed by atoms with van der Waals surface area (Å²) in [6.07, 6.45) is 0. The minimum absolute atomic E-state index is 0.766. The van der Waals surface area contributed by atoms with Gasteiger partial charge in [-0.2, -0.15) is 0 Å². The van der Waals surface area contributed by atoms with Crippen LogP contribution in [-0.2, 0) is 0 Å². The van der Waals surface area contributed by atoms with Crippen LogP contribution in [0.2, 0.25) is 0 Å². The third kappa shape index (κ3) is 3.90. The summed E-state index contributed by atoms with van der Waals surface area (Å²) >= 11 is 0. The van der Waals surface area contributed by atoms with Crippen LogP contribution in [0.15, 0.2) is 60.7 Å². The normalized spacial score (nSPS) is 10.9. The smallest absolute Gasteiger partial charge is 0.128 e. The van der Waals surface area contributed by atoms with E-state index in [-0.39, 0.29) is 0 Å². The van der Waals surface area contributed by atoms with Crippen molar-refractivity contribution in [1.82, 2.24) is 0 Å². The highest BCUT2D eigenvalue weighted by Crippen LogP contribution is 2.33. The minimum atomic E-state index is 0.766. The second-order valence-corrected chi connectivity index (χ2v) is 7.82. The first-order valence-electron chi connectivity index (χ1n) is 9.93. The van der Waals surface area contributed by atoms with Crippen molar-refractivity contribution >= 4 is 22.1 Å². The molecule has 4 N–H and O–H groups in total. The molecule has 4 aromatic carbocycles. The molecule has 0 aliphatic rings. The van der Waals surface area contributed by atoms with E-state index in [0.717, 1.165) is 67.4 Å². The Bertz CT molecular complexity index is 1120. The number of nitrogen functional groups attached to an aromatic ring is 2. The first kappa shape index (κ1) is 19.6. The molecule has 0 unspecified atom stereocenters. The van der Waals surface area contributed by atoms with Gasteiger partial charge in [0.25, 0.3) is 0 Å². The molecule has 4 rings (SSSR count). The third-order valence-electron chi connectivity index (χ3n) is 5.39. The molecule has 30 heavy (non-hydrogen) atoms. The Hall–Kier alpha value is -3.66. The molecule has 0 saturated heterocycles. The van der Waals surface area contributed by atoms with E-state index in [1.807, 2.05) is 88.4 Å². The number of rotatable bonds is 4. The fourth-order valence-electron chi connectivity index (χ4n) is 3.59. The lowest BCUT2D eigenvalue weighted by Gasteiger charge is -2.12. The zero-order valence-corrected chi connectivity index (χ0v) is 17.7. The van der Waals surface area contributed by atoms with E-state index in [9.17, 15) is 0 Å². The van der Waals surface area contributed by atoms with Gasteiger partial charge < -0.3 is 20.9 Å². The van der Waals surface area contributed by atoms with Gasteiger partial charge in [-0.15, -0.1) is 0 Å². The van der Waals surface area contributed by atoms with E-state index in [0.29, 0.717) is 0 Å². The maximum Gasteiger partial charge on any atom is 0.128 e. The van der Waals surface area contributed by atoms with Crippen molar-refractivity contribution in [3.8, 4) is 23.0 Å². The maximum atomic E-state index is 6.10. The van der Waals surface area contributed by atoms with E-state index in [2.05, 4.69) is 0 Å². The molecule has 0 aliphatic heterocycles. The molecule has 4 aromatic rings. The molecule has 0 amide bonds. The monoisotopic (exact) mass is 398 g/mol. The average molecular weight is 399 g/mol. The minimum Gasteiger partial charge on any atom is -0.457 e. The van der Waals surface area contributed by atoms with Gasteiger partial charge in [0.15, 0.2) is 0 Å². The Kier molecular flexibility index (Phi) is 5.00. The average Bonchev–Trinajstić information content (AvgIpc) is 2.70. The maximum absolute atomic E-state index is 6.10. The van der Waals surface area contributed by atoms with Crippen LogP contribution in [0.25, 0.3) is 10.8 Å². The van der Waals surface area contributed by atoms with Crippen molar-refractivity contribution in [1.29, 1.82) is 0 Å². The van der Waals surface area contributed by atoms with E-state index in [1.54, 1.807) is 0 Å². The summed E-state index contributed by atoms with van der Waals surface area (Å²) in [5.41, 5.74) is 17.7. The second kappa shape index (κ2) is 7.64. The van der Waals surface area contributed by atoms with E-state index >= 15 is 0 Å².